The van der Waals surface area contributed by atoms with Crippen molar-refractivity contribution in [2.45, 2.75) is 31.9 Å². The molecule has 1 aliphatic rings. The highest BCUT2D eigenvalue weighted by atomic mass is 19.3. The predicted molar refractivity (Wildman–Crippen MR) is 69.4 cm³/mol. The third kappa shape index (κ3) is 2.43. The van der Waals surface area contributed by atoms with Crippen LogP contribution in [0.25, 0.3) is 11.3 Å². The first-order valence-corrected chi connectivity index (χ1v) is 6.39. The van der Waals surface area contributed by atoms with Gasteiger partial charge in [0.15, 0.2) is 11.6 Å². The highest BCUT2D eigenvalue weighted by Gasteiger charge is 2.20. The molecule has 0 radical (unpaired) electrons. The Morgan fingerprint density at radius 3 is 2.85 bits per heavy atom. The number of nitrogens with zero attached hydrogens (tertiary/aromatic N) is 3. The molecule has 106 valence electrons. The number of halogens is 2. The minimum atomic E-state index is -2.93. The van der Waals surface area contributed by atoms with E-state index < -0.39 is 6.61 Å². The quantitative estimate of drug-likeness (QED) is 0.935. The van der Waals surface area contributed by atoms with Crippen molar-refractivity contribution in [3.63, 3.8) is 0 Å². The monoisotopic (exact) mass is 280 g/mol. The van der Waals surface area contributed by atoms with E-state index in [1.807, 2.05) is 16.9 Å². The van der Waals surface area contributed by atoms with E-state index in [4.69, 9.17) is 5.73 Å². The molecule has 0 bridgehead atoms. The maximum absolute atomic E-state index is 12.3. The van der Waals surface area contributed by atoms with Crippen LogP contribution in [0, 0.1) is 0 Å². The molecule has 20 heavy (non-hydrogen) atoms. The average molecular weight is 280 g/mol. The van der Waals surface area contributed by atoms with Crippen molar-refractivity contribution in [3.8, 4) is 17.0 Å². The Kier molecular flexibility index (Phi) is 3.25. The number of anilines is 1. The summed E-state index contributed by atoms with van der Waals surface area (Å²) in [7, 11) is 0. The zero-order chi connectivity index (χ0) is 14.1. The van der Waals surface area contributed by atoms with Gasteiger partial charge in [0.2, 0.25) is 0 Å². The van der Waals surface area contributed by atoms with E-state index in [0.29, 0.717) is 17.3 Å². The van der Waals surface area contributed by atoms with Crippen LogP contribution in [0.1, 0.15) is 25.3 Å². The van der Waals surface area contributed by atoms with Gasteiger partial charge in [-0.15, -0.1) is 0 Å². The second-order valence-electron chi connectivity index (χ2n) is 4.75. The molecule has 5 nitrogen and oxygen atoms in total. The molecule has 0 aromatic carbocycles. The van der Waals surface area contributed by atoms with Crippen LogP contribution in [0.15, 0.2) is 24.5 Å². The largest absolute Gasteiger partial charge is 0.431 e. The van der Waals surface area contributed by atoms with Gasteiger partial charge in [-0.25, -0.2) is 4.98 Å². The minimum Gasteiger partial charge on any atom is -0.431 e. The lowest BCUT2D eigenvalue weighted by molar-refractivity contribution is -0.0494. The smallest absolute Gasteiger partial charge is 0.387 e. The average Bonchev–Trinajstić information content (AvgIpc) is 2.78. The zero-order valence-corrected chi connectivity index (χ0v) is 10.7. The summed E-state index contributed by atoms with van der Waals surface area (Å²) in [6, 6.07) is 3.71. The number of hydrogen-bond acceptors (Lipinski definition) is 4. The van der Waals surface area contributed by atoms with Gasteiger partial charge in [0.25, 0.3) is 0 Å². The second kappa shape index (κ2) is 5.07. The molecule has 1 fully saturated rings. The fraction of sp³-hybridized carbons (Fsp3) is 0.385. The lowest BCUT2D eigenvalue weighted by Gasteiger charge is -2.25. The van der Waals surface area contributed by atoms with Gasteiger partial charge in [0, 0.05) is 18.0 Å². The lowest BCUT2D eigenvalue weighted by atomic mass is 9.93. The third-order valence-corrected chi connectivity index (χ3v) is 3.45. The molecule has 3 rings (SSSR count). The van der Waals surface area contributed by atoms with Crippen molar-refractivity contribution >= 4 is 5.82 Å². The molecule has 2 N–H and O–H groups in total. The molecule has 2 aromatic rings. The first-order valence-electron chi connectivity index (χ1n) is 6.39. The number of nitrogens with two attached hydrogens (primary N) is 1. The summed E-state index contributed by atoms with van der Waals surface area (Å²) in [5, 5.41) is 4.45. The molecule has 2 heterocycles. The Hall–Kier alpha value is -2.18. The fourth-order valence-corrected chi connectivity index (χ4v) is 2.13. The number of pyridine rings is 1. The van der Waals surface area contributed by atoms with E-state index in [1.165, 1.54) is 18.7 Å². The van der Waals surface area contributed by atoms with Crippen LogP contribution in [0.4, 0.5) is 14.6 Å². The molecule has 0 amide bonds. The summed E-state index contributed by atoms with van der Waals surface area (Å²) in [6.07, 6.45) is 6.86. The molecular weight excluding hydrogens is 266 g/mol. The normalized spacial score (nSPS) is 15.3. The van der Waals surface area contributed by atoms with Crippen LogP contribution >= 0.6 is 0 Å². The Balaban J connectivity index is 1.87. The predicted octanol–water partition coefficient (Wildman–Crippen LogP) is 2.85. The Bertz CT molecular complexity index is 610. The van der Waals surface area contributed by atoms with Gasteiger partial charge in [-0.05, 0) is 31.4 Å². The number of nitrogen functional groups attached to an aromatic ring is 1. The Labute approximate surface area is 114 Å². The van der Waals surface area contributed by atoms with Gasteiger partial charge in [-0.2, -0.15) is 13.9 Å². The van der Waals surface area contributed by atoms with Gasteiger partial charge in [0.05, 0.1) is 11.7 Å². The number of rotatable bonds is 4. The highest BCUT2D eigenvalue weighted by Crippen LogP contribution is 2.32. The molecule has 1 saturated carbocycles. The van der Waals surface area contributed by atoms with Crippen molar-refractivity contribution in [2.24, 2.45) is 0 Å². The van der Waals surface area contributed by atoms with Crippen molar-refractivity contribution < 1.29 is 13.5 Å². The van der Waals surface area contributed by atoms with Gasteiger partial charge in [-0.1, -0.05) is 0 Å². The fourth-order valence-electron chi connectivity index (χ4n) is 2.13. The van der Waals surface area contributed by atoms with E-state index in [1.54, 1.807) is 0 Å². The zero-order valence-electron chi connectivity index (χ0n) is 10.7. The molecule has 0 spiro atoms. The summed E-state index contributed by atoms with van der Waals surface area (Å²) in [6.45, 7) is -2.93. The van der Waals surface area contributed by atoms with Crippen molar-refractivity contribution in [3.05, 3.63) is 24.5 Å². The van der Waals surface area contributed by atoms with Gasteiger partial charge in [-0.3, -0.25) is 4.68 Å². The summed E-state index contributed by atoms with van der Waals surface area (Å²) in [4.78, 5) is 3.87. The highest BCUT2D eigenvalue weighted by molar-refractivity contribution is 5.63. The first kappa shape index (κ1) is 12.8. The van der Waals surface area contributed by atoms with E-state index in [0.717, 1.165) is 12.8 Å². The Morgan fingerprint density at radius 1 is 1.40 bits per heavy atom. The number of aromatic nitrogens is 3. The molecule has 1 aliphatic carbocycles. The maximum atomic E-state index is 12.3. The van der Waals surface area contributed by atoms with Crippen LogP contribution in [0.3, 0.4) is 0 Å². The van der Waals surface area contributed by atoms with Crippen LogP contribution in [-0.2, 0) is 0 Å². The summed E-state index contributed by atoms with van der Waals surface area (Å²) < 4.78 is 30.8. The number of ether oxygens (including phenoxy) is 1. The van der Waals surface area contributed by atoms with E-state index >= 15 is 0 Å². The lowest BCUT2D eigenvalue weighted by Crippen LogP contribution is -2.17. The summed E-state index contributed by atoms with van der Waals surface area (Å²) in [5.41, 5.74) is 6.78. The van der Waals surface area contributed by atoms with Crippen LogP contribution in [0.2, 0.25) is 0 Å². The van der Waals surface area contributed by atoms with Gasteiger partial charge < -0.3 is 10.5 Å². The molecule has 7 heteroatoms. The van der Waals surface area contributed by atoms with Crippen molar-refractivity contribution in [1.29, 1.82) is 0 Å². The van der Waals surface area contributed by atoms with E-state index in [-0.39, 0.29) is 11.6 Å². The van der Waals surface area contributed by atoms with Crippen molar-refractivity contribution in [2.75, 3.05) is 5.73 Å². The maximum Gasteiger partial charge on any atom is 0.387 e. The second-order valence-corrected chi connectivity index (χ2v) is 4.75. The Morgan fingerprint density at radius 2 is 2.20 bits per heavy atom. The van der Waals surface area contributed by atoms with Crippen LogP contribution < -0.4 is 10.5 Å². The molecule has 2 aromatic heterocycles. The third-order valence-electron chi connectivity index (χ3n) is 3.45. The molecule has 0 atom stereocenters. The number of hydrogen-bond donors (Lipinski definition) is 1. The van der Waals surface area contributed by atoms with Gasteiger partial charge in [0.1, 0.15) is 0 Å². The van der Waals surface area contributed by atoms with E-state index in [9.17, 15) is 8.78 Å². The number of alkyl halides is 2. The molecule has 0 unspecified atom stereocenters. The molecular formula is C13H14F2N4O. The first-order chi connectivity index (χ1) is 9.63. The summed E-state index contributed by atoms with van der Waals surface area (Å²) >= 11 is 0. The topological polar surface area (TPSA) is 66.0 Å². The van der Waals surface area contributed by atoms with Gasteiger partial charge >= 0.3 is 6.61 Å². The minimum absolute atomic E-state index is 0.0625. The SMILES string of the molecule is Nc1ncc(-c2ccn(C3CCC3)n2)cc1OC(F)F. The van der Waals surface area contributed by atoms with Crippen molar-refractivity contribution in [1.82, 2.24) is 14.8 Å². The standard InChI is InChI=1S/C13H14F2N4O/c14-13(15)20-11-6-8(7-17-12(11)16)10-4-5-19(18-10)9-2-1-3-9/h4-7,9,13H,1-3H2,(H2,16,17). The van der Waals surface area contributed by atoms with Crippen LogP contribution in [0.5, 0.6) is 5.75 Å². The molecule has 0 aliphatic heterocycles. The van der Waals surface area contributed by atoms with E-state index in [2.05, 4.69) is 14.8 Å². The molecule has 0 saturated heterocycles. The summed E-state index contributed by atoms with van der Waals surface area (Å²) in [5.74, 6) is -0.192. The van der Waals surface area contributed by atoms with Crippen LogP contribution in [-0.4, -0.2) is 21.4 Å².